The van der Waals surface area contributed by atoms with Crippen LogP contribution in [0.5, 0.6) is 5.88 Å². The van der Waals surface area contributed by atoms with Gasteiger partial charge >= 0.3 is 0 Å². The molecule has 2 aromatic heterocycles. The van der Waals surface area contributed by atoms with Gasteiger partial charge in [0.2, 0.25) is 5.88 Å². The lowest BCUT2D eigenvalue weighted by Crippen LogP contribution is -2.68. The highest BCUT2D eigenvalue weighted by Crippen LogP contribution is 2.36. The van der Waals surface area contributed by atoms with E-state index in [9.17, 15) is 5.26 Å². The Labute approximate surface area is 236 Å². The Morgan fingerprint density at radius 1 is 1.18 bits per heavy atom. The number of nitrogens with zero attached hydrogens (tertiary/aromatic N) is 6. The van der Waals surface area contributed by atoms with Crippen molar-refractivity contribution in [3.8, 4) is 11.9 Å². The zero-order valence-corrected chi connectivity index (χ0v) is 23.4. The molecule has 2 bridgehead atoms. The molecule has 3 fully saturated rings. The first-order valence-corrected chi connectivity index (χ1v) is 13.9. The second kappa shape index (κ2) is 12.3. The Kier molecular flexibility index (Phi) is 8.37. The predicted molar refractivity (Wildman–Crippen MR) is 157 cm³/mol. The van der Waals surface area contributed by atoms with Gasteiger partial charge in [-0.05, 0) is 42.0 Å². The summed E-state index contributed by atoms with van der Waals surface area (Å²) in [5.74, 6) is 1.50. The molecule has 2 unspecified atom stereocenters. The van der Waals surface area contributed by atoms with E-state index in [0.29, 0.717) is 29.4 Å². The van der Waals surface area contributed by atoms with Crippen molar-refractivity contribution < 1.29 is 4.74 Å². The highest BCUT2D eigenvalue weighted by molar-refractivity contribution is 5.92. The van der Waals surface area contributed by atoms with E-state index >= 15 is 0 Å². The summed E-state index contributed by atoms with van der Waals surface area (Å²) in [6.45, 7) is 7.01. The van der Waals surface area contributed by atoms with Crippen molar-refractivity contribution in [1.29, 1.82) is 10.7 Å². The van der Waals surface area contributed by atoms with Crippen molar-refractivity contribution in [2.24, 2.45) is 0 Å². The minimum atomic E-state index is 0.257. The van der Waals surface area contributed by atoms with Crippen LogP contribution in [0.15, 0.2) is 71.5 Å². The smallest absolute Gasteiger partial charge is 0.212 e. The maximum absolute atomic E-state index is 9.65. The maximum atomic E-state index is 9.65. The highest BCUT2D eigenvalue weighted by Gasteiger charge is 2.44. The van der Waals surface area contributed by atoms with Gasteiger partial charge in [0, 0.05) is 62.0 Å². The zero-order valence-electron chi connectivity index (χ0n) is 23.4. The largest absolute Gasteiger partial charge is 0.481 e. The van der Waals surface area contributed by atoms with Crippen LogP contribution in [0.2, 0.25) is 0 Å². The normalized spacial score (nSPS) is 21.9. The number of anilines is 1. The first-order chi connectivity index (χ1) is 19.6. The number of piperidine rings is 1. The van der Waals surface area contributed by atoms with E-state index < -0.39 is 0 Å². The average Bonchev–Trinajstić information content (AvgIpc) is 3.01. The molecule has 2 aromatic rings. The fraction of sp³-hybridized carbons (Fsp3) is 0.387. The molecule has 6 rings (SSSR count). The fourth-order valence-corrected chi connectivity index (χ4v) is 5.74. The summed E-state index contributed by atoms with van der Waals surface area (Å²) in [7, 11) is 1.63. The molecule has 4 aliphatic rings. The summed E-state index contributed by atoms with van der Waals surface area (Å²) < 4.78 is 5.18. The molecule has 2 atom stereocenters. The highest BCUT2D eigenvalue weighted by atomic mass is 16.5. The molecule has 6 heterocycles. The summed E-state index contributed by atoms with van der Waals surface area (Å²) in [4.78, 5) is 18.8. The number of nitrogens with one attached hydrogen (secondary N) is 2. The lowest BCUT2D eigenvalue weighted by Gasteiger charge is -2.56. The van der Waals surface area contributed by atoms with Crippen LogP contribution in [-0.2, 0) is 6.54 Å². The summed E-state index contributed by atoms with van der Waals surface area (Å²) in [5, 5.41) is 20.7. The van der Waals surface area contributed by atoms with Gasteiger partial charge in [0.05, 0.1) is 36.5 Å². The molecule has 206 valence electrons. The monoisotopic (exact) mass is 536 g/mol. The Hall–Kier alpha value is -4.29. The number of nitriles is 1. The van der Waals surface area contributed by atoms with Gasteiger partial charge in [-0.15, -0.1) is 0 Å². The van der Waals surface area contributed by atoms with Crippen LogP contribution in [0.4, 0.5) is 5.82 Å². The first kappa shape index (κ1) is 27.3. The Morgan fingerprint density at radius 2 is 2.00 bits per heavy atom. The van der Waals surface area contributed by atoms with Crippen molar-refractivity contribution in [2.75, 3.05) is 25.1 Å². The molecule has 2 N–H and O–H groups in total. The molecule has 40 heavy (non-hydrogen) atoms. The standard InChI is InChI=1S/C31H36N8O/c1-4-6-22(7-5-2)23-10-27(31(37-15-23)24(12-32)13-33)28-16-35-29(17-34-28)38-19-25-11-26(20-38)39(25)18-21-8-9-30(40-3)36-14-21/h6,8-10,12,14-17,25-26,32,37H,4-5,7,11,18-20H2,1-3H3/b22-6+,31-24+,32-12?. The third-order valence-corrected chi connectivity index (χ3v) is 7.77. The number of hydrogen-bond donors (Lipinski definition) is 2. The molecule has 0 aliphatic carbocycles. The number of fused-ring (bicyclic) bond motifs is 2. The van der Waals surface area contributed by atoms with E-state index in [0.717, 1.165) is 62.1 Å². The van der Waals surface area contributed by atoms with Gasteiger partial charge < -0.3 is 20.4 Å². The van der Waals surface area contributed by atoms with Gasteiger partial charge in [-0.3, -0.25) is 9.88 Å². The molecular formula is C31H36N8O. The molecular weight excluding hydrogens is 500 g/mol. The number of allylic oxidation sites excluding steroid dienone is 6. The van der Waals surface area contributed by atoms with Crippen LogP contribution in [0, 0.1) is 16.7 Å². The molecule has 9 nitrogen and oxygen atoms in total. The van der Waals surface area contributed by atoms with Gasteiger partial charge in [-0.25, -0.2) is 9.97 Å². The molecule has 0 saturated carbocycles. The zero-order chi connectivity index (χ0) is 28.1. The van der Waals surface area contributed by atoms with Crippen molar-refractivity contribution in [3.05, 3.63) is 82.7 Å². The predicted octanol–water partition coefficient (Wildman–Crippen LogP) is 4.78. The summed E-state index contributed by atoms with van der Waals surface area (Å²) in [6, 6.07) is 7.08. The Balaban J connectivity index is 1.33. The summed E-state index contributed by atoms with van der Waals surface area (Å²) in [5.41, 5.74) is 5.81. The number of aromatic nitrogens is 3. The van der Waals surface area contributed by atoms with Crippen molar-refractivity contribution in [3.63, 3.8) is 0 Å². The number of hydrogen-bond acceptors (Lipinski definition) is 9. The molecule has 0 spiro atoms. The van der Waals surface area contributed by atoms with Crippen LogP contribution in [0.25, 0.3) is 5.57 Å². The van der Waals surface area contributed by atoms with Gasteiger partial charge in [-0.2, -0.15) is 5.26 Å². The number of dihydropyridines is 1. The molecule has 4 aliphatic heterocycles. The van der Waals surface area contributed by atoms with Crippen LogP contribution in [0.3, 0.4) is 0 Å². The Morgan fingerprint density at radius 3 is 2.60 bits per heavy atom. The maximum Gasteiger partial charge on any atom is 0.212 e. The van der Waals surface area contributed by atoms with E-state index in [2.05, 4.69) is 58.2 Å². The van der Waals surface area contributed by atoms with Gasteiger partial charge in [0.1, 0.15) is 11.9 Å². The minimum Gasteiger partial charge on any atom is -0.481 e. The summed E-state index contributed by atoms with van der Waals surface area (Å²) >= 11 is 0. The van der Waals surface area contributed by atoms with E-state index in [-0.39, 0.29) is 5.57 Å². The van der Waals surface area contributed by atoms with Crippen LogP contribution in [-0.4, -0.2) is 58.3 Å². The van der Waals surface area contributed by atoms with Crippen molar-refractivity contribution >= 4 is 17.6 Å². The van der Waals surface area contributed by atoms with Gasteiger partial charge in [-0.1, -0.05) is 32.4 Å². The molecule has 0 amide bonds. The number of pyridine rings is 1. The molecule has 0 aromatic carbocycles. The van der Waals surface area contributed by atoms with E-state index in [4.69, 9.17) is 20.1 Å². The van der Waals surface area contributed by atoms with E-state index in [1.807, 2.05) is 24.7 Å². The van der Waals surface area contributed by atoms with Crippen LogP contribution < -0.4 is 15.0 Å². The number of rotatable bonds is 10. The number of piperazine rings is 1. The fourth-order valence-electron chi connectivity index (χ4n) is 5.74. The third-order valence-electron chi connectivity index (χ3n) is 7.77. The van der Waals surface area contributed by atoms with Crippen molar-refractivity contribution in [2.45, 2.75) is 58.2 Å². The van der Waals surface area contributed by atoms with Crippen molar-refractivity contribution in [1.82, 2.24) is 25.2 Å². The SMILES string of the molecule is CC/C=C(\CCC)C1=CN/C(=C(/C#N)C=N)C(c2cnc(N3CC4CC(C3)N4Cc3ccc(OC)nc3)cn2)=C1. The first-order valence-electron chi connectivity index (χ1n) is 13.9. The third kappa shape index (κ3) is 5.54. The van der Waals surface area contributed by atoms with Crippen LogP contribution in [0.1, 0.15) is 50.8 Å². The molecule has 9 heteroatoms. The number of ether oxygens (including phenoxy) is 1. The number of methoxy groups -OCH3 is 1. The molecule has 0 radical (unpaired) electrons. The minimum absolute atomic E-state index is 0.257. The van der Waals surface area contributed by atoms with Crippen LogP contribution >= 0.6 is 0 Å². The summed E-state index contributed by atoms with van der Waals surface area (Å²) in [6.07, 6.45) is 17.0. The topological polar surface area (TPSA) is 114 Å². The second-order valence-electron chi connectivity index (χ2n) is 10.3. The quantitative estimate of drug-likeness (QED) is 0.330. The van der Waals surface area contributed by atoms with Gasteiger partial charge in [0.25, 0.3) is 0 Å². The average molecular weight is 537 g/mol. The van der Waals surface area contributed by atoms with E-state index in [1.165, 1.54) is 17.6 Å². The van der Waals surface area contributed by atoms with Gasteiger partial charge in [0.15, 0.2) is 0 Å². The second-order valence-corrected chi connectivity index (χ2v) is 10.3. The molecule has 3 saturated heterocycles. The Bertz CT molecular complexity index is 1390. The lowest BCUT2D eigenvalue weighted by atomic mass is 9.87. The van der Waals surface area contributed by atoms with E-state index in [1.54, 1.807) is 13.3 Å². The lowest BCUT2D eigenvalue weighted by molar-refractivity contribution is -0.00879.